The van der Waals surface area contributed by atoms with Crippen LogP contribution < -0.4 is 0 Å². The number of carbonyl (C=O) groups is 1. The van der Waals surface area contributed by atoms with Crippen molar-refractivity contribution >= 4 is 39.7 Å². The molecule has 1 N–H and O–H groups in total. The van der Waals surface area contributed by atoms with Crippen molar-refractivity contribution in [3.8, 4) is 0 Å². The maximum atomic E-state index is 12.3. The predicted molar refractivity (Wildman–Crippen MR) is 79.4 cm³/mol. The Morgan fingerprint density at radius 2 is 1.67 bits per heavy atom. The quantitative estimate of drug-likeness (QED) is 0.794. The van der Waals surface area contributed by atoms with Crippen LogP contribution in [0.3, 0.4) is 0 Å². The molecular weight excluding hydrogens is 339 g/mol. The number of benzene rings is 2. The van der Waals surface area contributed by atoms with Gasteiger partial charge < -0.3 is 5.11 Å². The first kappa shape index (κ1) is 11.5. The second-order valence-corrected chi connectivity index (χ2v) is 5.35. The topological polar surface area (TPSA) is 37.3 Å². The number of Topliss-reactive ketones (excluding diaryl/α,β-unsaturated/α-hetero) is 1. The highest BCUT2D eigenvalue weighted by Gasteiger charge is 2.30. The summed E-state index contributed by atoms with van der Waals surface area (Å²) in [5.41, 5.74) is 2.36. The summed E-state index contributed by atoms with van der Waals surface area (Å²) < 4.78 is 1.04. The van der Waals surface area contributed by atoms with E-state index in [1.807, 2.05) is 36.4 Å². The number of fused-ring (bicyclic) bond motifs is 1. The van der Waals surface area contributed by atoms with Crippen LogP contribution in [-0.4, -0.2) is 10.9 Å². The zero-order chi connectivity index (χ0) is 12.7. The van der Waals surface area contributed by atoms with E-state index in [0.717, 1.165) is 9.13 Å². The van der Waals surface area contributed by atoms with Crippen molar-refractivity contribution in [3.05, 3.63) is 68.8 Å². The lowest BCUT2D eigenvalue weighted by atomic mass is 10.0. The standard InChI is InChI=1S/C15H9IO2/c16-10-5-3-4-9(8-10)13-14(17)11-6-1-2-7-12(11)15(13)18/h1-8,17H. The highest BCUT2D eigenvalue weighted by molar-refractivity contribution is 14.1. The summed E-state index contributed by atoms with van der Waals surface area (Å²) >= 11 is 2.19. The summed E-state index contributed by atoms with van der Waals surface area (Å²) in [6, 6.07) is 14.7. The van der Waals surface area contributed by atoms with Crippen molar-refractivity contribution in [1.82, 2.24) is 0 Å². The molecule has 0 aliphatic heterocycles. The molecule has 0 heterocycles. The Labute approximate surface area is 118 Å². The average Bonchev–Trinajstić information content (AvgIpc) is 2.63. The molecule has 0 fully saturated rings. The zero-order valence-electron chi connectivity index (χ0n) is 9.35. The highest BCUT2D eigenvalue weighted by Crippen LogP contribution is 2.36. The van der Waals surface area contributed by atoms with Gasteiger partial charge in [0.05, 0.1) is 5.57 Å². The molecule has 2 aromatic carbocycles. The van der Waals surface area contributed by atoms with Gasteiger partial charge in [-0.05, 0) is 40.3 Å². The van der Waals surface area contributed by atoms with E-state index in [4.69, 9.17) is 0 Å². The van der Waals surface area contributed by atoms with E-state index in [0.29, 0.717) is 16.7 Å². The van der Waals surface area contributed by atoms with Crippen molar-refractivity contribution in [2.24, 2.45) is 0 Å². The van der Waals surface area contributed by atoms with E-state index in [2.05, 4.69) is 22.6 Å². The lowest BCUT2D eigenvalue weighted by Gasteiger charge is -2.02. The van der Waals surface area contributed by atoms with Crippen molar-refractivity contribution < 1.29 is 9.90 Å². The van der Waals surface area contributed by atoms with E-state index in [1.54, 1.807) is 12.1 Å². The van der Waals surface area contributed by atoms with Crippen molar-refractivity contribution in [2.75, 3.05) is 0 Å². The van der Waals surface area contributed by atoms with E-state index in [1.165, 1.54) is 0 Å². The lowest BCUT2D eigenvalue weighted by Crippen LogP contribution is -1.98. The molecule has 0 amide bonds. The first-order chi connectivity index (χ1) is 8.68. The van der Waals surface area contributed by atoms with Crippen molar-refractivity contribution in [3.63, 3.8) is 0 Å². The van der Waals surface area contributed by atoms with Crippen LogP contribution in [0.2, 0.25) is 0 Å². The number of rotatable bonds is 1. The maximum absolute atomic E-state index is 12.3. The summed E-state index contributed by atoms with van der Waals surface area (Å²) in [4.78, 5) is 12.3. The van der Waals surface area contributed by atoms with Gasteiger partial charge in [-0.25, -0.2) is 0 Å². The molecule has 0 bridgehead atoms. The lowest BCUT2D eigenvalue weighted by molar-refractivity contribution is 0.105. The molecule has 3 heteroatoms. The number of hydrogen-bond donors (Lipinski definition) is 1. The number of aliphatic hydroxyl groups excluding tert-OH is 1. The molecule has 3 rings (SSSR count). The van der Waals surface area contributed by atoms with Gasteiger partial charge in [0, 0.05) is 14.7 Å². The third kappa shape index (κ3) is 1.66. The fourth-order valence-corrected chi connectivity index (χ4v) is 2.72. The molecular formula is C15H9IO2. The van der Waals surface area contributed by atoms with Crippen LogP contribution in [0.25, 0.3) is 11.3 Å². The molecule has 18 heavy (non-hydrogen) atoms. The van der Waals surface area contributed by atoms with Gasteiger partial charge in [-0.3, -0.25) is 4.79 Å². The Hall–Kier alpha value is -1.62. The molecule has 0 radical (unpaired) electrons. The third-order valence-electron chi connectivity index (χ3n) is 3.00. The van der Waals surface area contributed by atoms with E-state index < -0.39 is 0 Å². The van der Waals surface area contributed by atoms with Crippen LogP contribution in [0.5, 0.6) is 0 Å². The Balaban J connectivity index is 2.21. The summed E-state index contributed by atoms with van der Waals surface area (Å²) in [5.74, 6) is -0.0253. The number of ketones is 1. The molecule has 1 aliphatic carbocycles. The minimum absolute atomic E-state index is 0.0811. The fraction of sp³-hybridized carbons (Fsp3) is 0. The Bertz CT molecular complexity index is 686. The first-order valence-electron chi connectivity index (χ1n) is 5.52. The van der Waals surface area contributed by atoms with Gasteiger partial charge >= 0.3 is 0 Å². The second-order valence-electron chi connectivity index (χ2n) is 4.11. The number of carbonyl (C=O) groups excluding carboxylic acids is 1. The summed E-state index contributed by atoms with van der Waals surface area (Å²) in [6.45, 7) is 0. The molecule has 88 valence electrons. The van der Waals surface area contributed by atoms with Gasteiger partial charge in [0.2, 0.25) is 0 Å². The first-order valence-corrected chi connectivity index (χ1v) is 6.59. The second kappa shape index (κ2) is 4.24. The van der Waals surface area contributed by atoms with Gasteiger partial charge in [-0.15, -0.1) is 0 Å². The van der Waals surface area contributed by atoms with Gasteiger partial charge in [0.15, 0.2) is 5.78 Å². The monoisotopic (exact) mass is 348 g/mol. The van der Waals surface area contributed by atoms with E-state index in [-0.39, 0.29) is 11.5 Å². The zero-order valence-corrected chi connectivity index (χ0v) is 11.5. The predicted octanol–water partition coefficient (Wildman–Crippen LogP) is 3.91. The van der Waals surface area contributed by atoms with Gasteiger partial charge in [0.1, 0.15) is 5.76 Å². The number of hydrogen-bond acceptors (Lipinski definition) is 2. The molecule has 2 aromatic rings. The normalized spacial score (nSPS) is 13.9. The molecule has 2 nitrogen and oxygen atoms in total. The highest BCUT2D eigenvalue weighted by atomic mass is 127. The maximum Gasteiger partial charge on any atom is 0.198 e. The largest absolute Gasteiger partial charge is 0.507 e. The minimum Gasteiger partial charge on any atom is -0.507 e. The SMILES string of the molecule is O=C1C(c2cccc(I)c2)=C(O)c2ccccc21. The fourth-order valence-electron chi connectivity index (χ4n) is 2.18. The van der Waals surface area contributed by atoms with Crippen LogP contribution in [0, 0.1) is 3.57 Å². The molecule has 0 saturated heterocycles. The van der Waals surface area contributed by atoms with Crippen LogP contribution in [0.1, 0.15) is 21.5 Å². The molecule has 0 unspecified atom stereocenters. The molecule has 0 saturated carbocycles. The summed E-state index contributed by atoms with van der Waals surface area (Å²) in [5, 5.41) is 10.2. The summed E-state index contributed by atoms with van der Waals surface area (Å²) in [6.07, 6.45) is 0. The van der Waals surface area contributed by atoms with Crippen LogP contribution >= 0.6 is 22.6 Å². The smallest absolute Gasteiger partial charge is 0.198 e. The molecule has 0 spiro atoms. The van der Waals surface area contributed by atoms with E-state index >= 15 is 0 Å². The van der Waals surface area contributed by atoms with Gasteiger partial charge in [0.25, 0.3) is 0 Å². The number of aliphatic hydroxyl groups is 1. The Kier molecular flexibility index (Phi) is 2.70. The average molecular weight is 348 g/mol. The third-order valence-corrected chi connectivity index (χ3v) is 3.67. The van der Waals surface area contributed by atoms with Crippen LogP contribution in [0.4, 0.5) is 0 Å². The van der Waals surface area contributed by atoms with Gasteiger partial charge in [-0.1, -0.05) is 36.4 Å². The summed E-state index contributed by atoms with van der Waals surface area (Å²) in [7, 11) is 0. The number of halogens is 1. The van der Waals surface area contributed by atoms with Crippen LogP contribution in [0.15, 0.2) is 48.5 Å². The van der Waals surface area contributed by atoms with Crippen molar-refractivity contribution in [1.29, 1.82) is 0 Å². The minimum atomic E-state index is -0.106. The van der Waals surface area contributed by atoms with E-state index in [9.17, 15) is 9.90 Å². The van der Waals surface area contributed by atoms with Crippen molar-refractivity contribution in [2.45, 2.75) is 0 Å². The molecule has 1 aliphatic rings. The molecule has 0 aromatic heterocycles. The van der Waals surface area contributed by atoms with Gasteiger partial charge in [-0.2, -0.15) is 0 Å². The van der Waals surface area contributed by atoms with Crippen LogP contribution in [-0.2, 0) is 0 Å². The Morgan fingerprint density at radius 3 is 2.33 bits per heavy atom. The Morgan fingerprint density at radius 1 is 0.944 bits per heavy atom. The molecule has 0 atom stereocenters. The number of allylic oxidation sites excluding steroid dienone is 1.